The lowest BCUT2D eigenvalue weighted by Crippen LogP contribution is -2.12. The van der Waals surface area contributed by atoms with Gasteiger partial charge in [0.05, 0.1) is 4.90 Å². The van der Waals surface area contributed by atoms with Gasteiger partial charge in [0.1, 0.15) is 12.4 Å². The fraction of sp³-hybridized carbons (Fsp3) is 0.143. The number of nitrogens with one attached hydrogen (secondary N) is 1. The van der Waals surface area contributed by atoms with E-state index >= 15 is 0 Å². The van der Waals surface area contributed by atoms with Gasteiger partial charge in [-0.15, -0.1) is 0 Å². The maximum atomic E-state index is 11.3. The molecule has 146 valence electrons. The first kappa shape index (κ1) is 20.4. The van der Waals surface area contributed by atoms with Crippen LogP contribution in [-0.2, 0) is 23.2 Å². The fourth-order valence-electron chi connectivity index (χ4n) is 2.63. The summed E-state index contributed by atoms with van der Waals surface area (Å²) in [5.41, 5.74) is 4.09. The first-order valence-corrected chi connectivity index (χ1v) is 11.0. The number of nitrogens with two attached hydrogens (primary N) is 1. The van der Waals surface area contributed by atoms with Gasteiger partial charge in [0.15, 0.2) is 0 Å². The minimum Gasteiger partial charge on any atom is -0.489 e. The minimum atomic E-state index is -3.69. The molecule has 0 radical (unpaired) electrons. The Balaban J connectivity index is 1.69. The van der Waals surface area contributed by atoms with E-state index < -0.39 is 10.0 Å². The summed E-state index contributed by atoms with van der Waals surface area (Å²) in [6, 6.07) is 20.4. The van der Waals surface area contributed by atoms with E-state index in [-0.39, 0.29) is 4.90 Å². The number of sulfonamides is 1. The normalized spacial score (nSPS) is 11.2. The van der Waals surface area contributed by atoms with Gasteiger partial charge in [0.25, 0.3) is 0 Å². The molecule has 7 heteroatoms. The summed E-state index contributed by atoms with van der Waals surface area (Å²) in [7, 11) is -3.69. The second kappa shape index (κ2) is 8.77. The van der Waals surface area contributed by atoms with Crippen LogP contribution in [0.1, 0.15) is 16.7 Å². The van der Waals surface area contributed by atoms with Gasteiger partial charge in [-0.05, 0) is 55.0 Å². The highest BCUT2D eigenvalue weighted by Gasteiger charge is 2.08. The lowest BCUT2D eigenvalue weighted by atomic mass is 10.1. The largest absolute Gasteiger partial charge is 0.489 e. The Bertz CT molecular complexity index is 1050. The Morgan fingerprint density at radius 2 is 1.68 bits per heavy atom. The van der Waals surface area contributed by atoms with E-state index in [0.29, 0.717) is 13.2 Å². The zero-order chi connectivity index (χ0) is 20.1. The predicted octanol–water partition coefficient (Wildman–Crippen LogP) is 4.60. The smallest absolute Gasteiger partial charge is 0.238 e. The summed E-state index contributed by atoms with van der Waals surface area (Å²) >= 11 is 3.49. The number of anilines is 1. The summed E-state index contributed by atoms with van der Waals surface area (Å²) < 4.78 is 29.7. The zero-order valence-electron chi connectivity index (χ0n) is 15.4. The van der Waals surface area contributed by atoms with Crippen LogP contribution in [0.2, 0.25) is 0 Å². The van der Waals surface area contributed by atoms with E-state index in [1.807, 2.05) is 18.2 Å². The van der Waals surface area contributed by atoms with Crippen LogP contribution in [-0.4, -0.2) is 8.42 Å². The Morgan fingerprint density at radius 3 is 2.32 bits per heavy atom. The van der Waals surface area contributed by atoms with Crippen molar-refractivity contribution >= 4 is 31.6 Å². The molecular weight excluding hydrogens is 440 g/mol. The molecule has 0 fully saturated rings. The fourth-order valence-corrected chi connectivity index (χ4v) is 3.56. The Labute approximate surface area is 173 Å². The van der Waals surface area contributed by atoms with E-state index in [1.165, 1.54) is 17.7 Å². The van der Waals surface area contributed by atoms with Crippen LogP contribution in [0, 0.1) is 6.92 Å². The van der Waals surface area contributed by atoms with Gasteiger partial charge in [-0.1, -0.05) is 45.8 Å². The van der Waals surface area contributed by atoms with Gasteiger partial charge in [-0.2, -0.15) is 0 Å². The van der Waals surface area contributed by atoms with Crippen LogP contribution in [0.3, 0.4) is 0 Å². The molecule has 28 heavy (non-hydrogen) atoms. The van der Waals surface area contributed by atoms with Crippen LogP contribution in [0.5, 0.6) is 5.75 Å². The molecule has 0 aromatic heterocycles. The summed E-state index contributed by atoms with van der Waals surface area (Å²) in [6.45, 7) is 3.06. The van der Waals surface area contributed by atoms with Crippen molar-refractivity contribution in [2.45, 2.75) is 25.0 Å². The first-order valence-electron chi connectivity index (χ1n) is 8.65. The van der Waals surface area contributed by atoms with Crippen LogP contribution in [0.25, 0.3) is 0 Å². The van der Waals surface area contributed by atoms with Gasteiger partial charge < -0.3 is 10.1 Å². The van der Waals surface area contributed by atoms with Gasteiger partial charge in [-0.25, -0.2) is 13.6 Å². The molecule has 0 aliphatic heterocycles. The average Bonchev–Trinajstić information content (AvgIpc) is 2.66. The molecule has 0 amide bonds. The molecule has 3 rings (SSSR count). The molecule has 0 spiro atoms. The Morgan fingerprint density at radius 1 is 1.00 bits per heavy atom. The maximum absolute atomic E-state index is 11.3. The quantitative estimate of drug-likeness (QED) is 0.539. The van der Waals surface area contributed by atoms with Crippen LogP contribution in [0.4, 0.5) is 5.69 Å². The molecule has 0 bridgehead atoms. The monoisotopic (exact) mass is 460 g/mol. The van der Waals surface area contributed by atoms with Gasteiger partial charge in [0, 0.05) is 22.3 Å². The number of ether oxygens (including phenoxy) is 1. The zero-order valence-corrected chi connectivity index (χ0v) is 17.8. The molecular formula is C21H21BrN2O3S. The Hall–Kier alpha value is -2.35. The molecule has 0 saturated heterocycles. The van der Waals surface area contributed by atoms with Crippen LogP contribution in [0.15, 0.2) is 76.1 Å². The van der Waals surface area contributed by atoms with Crippen molar-refractivity contribution in [3.05, 3.63) is 87.9 Å². The van der Waals surface area contributed by atoms with Crippen molar-refractivity contribution in [1.82, 2.24) is 0 Å². The number of hydrogen-bond donors (Lipinski definition) is 2. The summed E-state index contributed by atoms with van der Waals surface area (Å²) in [5, 5.41) is 8.40. The Kier molecular flexibility index (Phi) is 6.39. The van der Waals surface area contributed by atoms with Gasteiger partial charge >= 0.3 is 0 Å². The van der Waals surface area contributed by atoms with Gasteiger partial charge in [-0.3, -0.25) is 0 Å². The van der Waals surface area contributed by atoms with E-state index in [2.05, 4.69) is 52.4 Å². The summed E-state index contributed by atoms with van der Waals surface area (Å²) in [4.78, 5) is 0.0858. The van der Waals surface area contributed by atoms with E-state index in [9.17, 15) is 8.42 Å². The molecule has 0 heterocycles. The van der Waals surface area contributed by atoms with Crippen molar-refractivity contribution in [1.29, 1.82) is 0 Å². The third-order valence-electron chi connectivity index (χ3n) is 4.20. The highest BCUT2D eigenvalue weighted by molar-refractivity contribution is 9.10. The summed E-state index contributed by atoms with van der Waals surface area (Å²) in [5.74, 6) is 0.789. The van der Waals surface area contributed by atoms with Crippen molar-refractivity contribution in [2.24, 2.45) is 5.14 Å². The predicted molar refractivity (Wildman–Crippen MR) is 115 cm³/mol. The topological polar surface area (TPSA) is 81.4 Å². The number of benzene rings is 3. The average molecular weight is 461 g/mol. The molecule has 0 aliphatic carbocycles. The molecule has 3 aromatic carbocycles. The molecule has 0 atom stereocenters. The highest BCUT2D eigenvalue weighted by atomic mass is 79.9. The molecule has 3 N–H and O–H groups in total. The number of rotatable bonds is 7. The second-order valence-corrected chi connectivity index (χ2v) is 8.93. The number of hydrogen-bond acceptors (Lipinski definition) is 4. The first-order chi connectivity index (χ1) is 13.3. The number of primary sulfonamides is 1. The number of aryl methyl sites for hydroxylation is 1. The maximum Gasteiger partial charge on any atom is 0.238 e. The second-order valence-electron chi connectivity index (χ2n) is 6.45. The molecule has 0 unspecified atom stereocenters. The van der Waals surface area contributed by atoms with Gasteiger partial charge in [0.2, 0.25) is 10.0 Å². The highest BCUT2D eigenvalue weighted by Crippen LogP contribution is 2.25. The standard InChI is InChI=1S/C21H21BrN2O3S/c1-15-2-4-16(5-3-15)14-27-21-11-6-18(22)12-17(21)13-24-19-7-9-20(10-8-19)28(23,25)26/h2-12,24H,13-14H2,1H3,(H2,23,25,26). The molecule has 0 saturated carbocycles. The lowest BCUT2D eigenvalue weighted by molar-refractivity contribution is 0.303. The van der Waals surface area contributed by atoms with E-state index in [1.54, 1.807) is 12.1 Å². The molecule has 5 nitrogen and oxygen atoms in total. The van der Waals surface area contributed by atoms with Crippen molar-refractivity contribution in [3.8, 4) is 5.75 Å². The minimum absolute atomic E-state index is 0.0858. The SMILES string of the molecule is Cc1ccc(COc2ccc(Br)cc2CNc2ccc(S(N)(=O)=O)cc2)cc1. The number of halogens is 1. The van der Waals surface area contributed by atoms with Crippen LogP contribution < -0.4 is 15.2 Å². The lowest BCUT2D eigenvalue weighted by Gasteiger charge is -2.14. The van der Waals surface area contributed by atoms with Crippen molar-refractivity contribution in [3.63, 3.8) is 0 Å². The third-order valence-corrected chi connectivity index (χ3v) is 5.63. The van der Waals surface area contributed by atoms with Crippen LogP contribution >= 0.6 is 15.9 Å². The van der Waals surface area contributed by atoms with Crippen molar-refractivity contribution < 1.29 is 13.2 Å². The van der Waals surface area contributed by atoms with E-state index in [0.717, 1.165) is 27.0 Å². The molecule has 0 aliphatic rings. The van der Waals surface area contributed by atoms with Crippen molar-refractivity contribution in [2.75, 3.05) is 5.32 Å². The third kappa shape index (κ3) is 5.58. The van der Waals surface area contributed by atoms with E-state index in [4.69, 9.17) is 9.88 Å². The summed E-state index contributed by atoms with van der Waals surface area (Å²) in [6.07, 6.45) is 0. The molecule has 3 aromatic rings.